The van der Waals surface area contributed by atoms with E-state index in [0.29, 0.717) is 27.1 Å². The van der Waals surface area contributed by atoms with Crippen molar-refractivity contribution in [1.82, 2.24) is 10.3 Å². The van der Waals surface area contributed by atoms with Crippen LogP contribution in [0, 0.1) is 21.4 Å². The highest BCUT2D eigenvalue weighted by atomic mass is 35.5. The van der Waals surface area contributed by atoms with Crippen LogP contribution in [-0.2, 0) is 4.74 Å². The molecule has 1 unspecified atom stereocenters. The molecule has 31 heavy (non-hydrogen) atoms. The number of methoxy groups -OCH3 is 1. The van der Waals surface area contributed by atoms with Gasteiger partial charge >= 0.3 is 5.70 Å². The molecule has 0 spiro atoms. The molecule has 156 valence electrons. The fraction of sp³-hybridized carbons (Fsp3) is 0.143. The van der Waals surface area contributed by atoms with E-state index in [-0.39, 0.29) is 28.1 Å². The number of rotatable bonds is 5. The van der Waals surface area contributed by atoms with Gasteiger partial charge in [0.05, 0.1) is 34.1 Å². The number of nitrogens with one attached hydrogen (secondary N) is 1. The van der Waals surface area contributed by atoms with Crippen LogP contribution in [0.2, 0.25) is 5.15 Å². The highest BCUT2D eigenvalue weighted by Gasteiger charge is 2.43. The van der Waals surface area contributed by atoms with E-state index in [1.807, 2.05) is 11.4 Å². The summed E-state index contributed by atoms with van der Waals surface area (Å²) in [5.74, 6) is -0.284. The molecular formula is C21H15ClN4O4S. The van der Waals surface area contributed by atoms with Gasteiger partial charge in [0, 0.05) is 18.0 Å². The normalized spacial score (nSPS) is 16.1. The summed E-state index contributed by atoms with van der Waals surface area (Å²) in [4.78, 5) is 16.6. The zero-order valence-electron chi connectivity index (χ0n) is 16.4. The molecule has 2 aromatic heterocycles. The Morgan fingerprint density at radius 2 is 2.19 bits per heavy atom. The molecular weight excluding hydrogens is 440 g/mol. The van der Waals surface area contributed by atoms with Crippen LogP contribution in [0.4, 0.5) is 0 Å². The molecule has 0 bridgehead atoms. The predicted molar refractivity (Wildman–Crippen MR) is 117 cm³/mol. The van der Waals surface area contributed by atoms with Gasteiger partial charge < -0.3 is 14.8 Å². The zero-order chi connectivity index (χ0) is 22.1. The minimum absolute atomic E-state index is 0.0563. The van der Waals surface area contributed by atoms with Crippen molar-refractivity contribution in [2.45, 2.75) is 5.92 Å². The average Bonchev–Trinajstić information content (AvgIpc) is 3.31. The van der Waals surface area contributed by atoms with Gasteiger partial charge in [0.1, 0.15) is 16.8 Å². The Balaban J connectivity index is 2.03. The van der Waals surface area contributed by atoms with Crippen molar-refractivity contribution >= 4 is 39.6 Å². The lowest BCUT2D eigenvalue weighted by Gasteiger charge is -2.25. The van der Waals surface area contributed by atoms with Crippen molar-refractivity contribution in [1.29, 1.82) is 5.26 Å². The molecule has 3 heterocycles. The molecule has 0 amide bonds. The minimum Gasteiger partial charge on any atom is -0.497 e. The molecule has 0 aliphatic carbocycles. The third kappa shape index (κ3) is 3.56. The monoisotopic (exact) mass is 454 g/mol. The molecule has 8 nitrogen and oxygen atoms in total. The molecule has 0 fully saturated rings. The summed E-state index contributed by atoms with van der Waals surface area (Å²) in [6.07, 6.45) is 0. The van der Waals surface area contributed by atoms with Crippen molar-refractivity contribution in [3.05, 3.63) is 84.6 Å². The van der Waals surface area contributed by atoms with E-state index in [2.05, 4.69) is 16.4 Å². The zero-order valence-corrected chi connectivity index (χ0v) is 18.0. The summed E-state index contributed by atoms with van der Waals surface area (Å²) in [7, 11) is 3.06. The van der Waals surface area contributed by atoms with Gasteiger partial charge in [-0.1, -0.05) is 17.7 Å². The second-order valence-corrected chi connectivity index (χ2v) is 7.82. The number of halogens is 1. The smallest absolute Gasteiger partial charge is 0.318 e. The first kappa shape index (κ1) is 20.7. The topological polar surface area (TPSA) is 110 Å². The van der Waals surface area contributed by atoms with Crippen molar-refractivity contribution in [3.63, 3.8) is 0 Å². The predicted octanol–water partition coefficient (Wildman–Crippen LogP) is 4.67. The summed E-state index contributed by atoms with van der Waals surface area (Å²) < 4.78 is 11.1. The van der Waals surface area contributed by atoms with Gasteiger partial charge in [-0.3, -0.25) is 10.1 Å². The van der Waals surface area contributed by atoms with E-state index in [4.69, 9.17) is 21.1 Å². The number of nitro groups is 1. The maximum atomic E-state index is 12.1. The number of hydrogen-bond acceptors (Lipinski definition) is 8. The van der Waals surface area contributed by atoms with Gasteiger partial charge in [-0.05, 0) is 35.7 Å². The van der Waals surface area contributed by atoms with Gasteiger partial charge in [-0.15, -0.1) is 11.3 Å². The van der Waals surface area contributed by atoms with E-state index in [0.717, 1.165) is 0 Å². The molecule has 1 aliphatic heterocycles. The first-order valence-electron chi connectivity index (χ1n) is 9.05. The average molecular weight is 455 g/mol. The lowest BCUT2D eigenvalue weighted by atomic mass is 9.86. The van der Waals surface area contributed by atoms with Crippen molar-refractivity contribution in [2.24, 2.45) is 0 Å². The van der Waals surface area contributed by atoms with E-state index in [9.17, 15) is 15.4 Å². The number of thiophene rings is 1. The second kappa shape index (κ2) is 8.26. The Hall–Kier alpha value is -3.61. The van der Waals surface area contributed by atoms with E-state index in [1.54, 1.807) is 37.4 Å². The summed E-state index contributed by atoms with van der Waals surface area (Å²) in [5.41, 5.74) is 0.697. The number of fused-ring (bicyclic) bond motifs is 1. The maximum Gasteiger partial charge on any atom is 0.318 e. The van der Waals surface area contributed by atoms with Gasteiger partial charge in [-0.2, -0.15) is 5.26 Å². The Bertz CT molecular complexity index is 1290. The number of aromatic nitrogens is 1. The number of nitriles is 1. The summed E-state index contributed by atoms with van der Waals surface area (Å²) in [6, 6.07) is 12.6. The van der Waals surface area contributed by atoms with E-state index in [1.165, 1.54) is 18.4 Å². The Labute approximate surface area is 186 Å². The van der Waals surface area contributed by atoms with E-state index >= 15 is 0 Å². The molecule has 1 atom stereocenters. The fourth-order valence-electron chi connectivity index (χ4n) is 3.46. The largest absolute Gasteiger partial charge is 0.497 e. The van der Waals surface area contributed by atoms with Crippen LogP contribution in [0.1, 0.15) is 16.4 Å². The molecule has 1 aromatic carbocycles. The first-order valence-corrected chi connectivity index (χ1v) is 10.3. The lowest BCUT2D eigenvalue weighted by molar-refractivity contribution is -0.433. The quantitative estimate of drug-likeness (QED) is 0.338. The standard InChI is InChI=1S/C21H15ClN4O4S/c1-24-21-18(26(27)28)17(14(10-23)19(30-21)16-4-3-7-31-16)13-9-11-8-12(29-2)5-6-15(11)25-20(13)22/h3-9,17,24H,1-2H3. The van der Waals surface area contributed by atoms with Crippen LogP contribution in [0.25, 0.3) is 16.7 Å². The molecule has 3 aromatic rings. The third-order valence-corrected chi connectivity index (χ3v) is 6.02. The fourth-order valence-corrected chi connectivity index (χ4v) is 4.44. The minimum atomic E-state index is -1.08. The Morgan fingerprint density at radius 3 is 2.81 bits per heavy atom. The molecule has 0 saturated carbocycles. The number of pyridine rings is 1. The SMILES string of the molecule is CNC1=C([N+](=O)[O-])C(c2cc3cc(OC)ccc3nc2Cl)C(C#N)=C(c2cccs2)O1. The number of hydrogen-bond donors (Lipinski definition) is 1. The molecule has 0 radical (unpaired) electrons. The molecule has 1 aliphatic rings. The van der Waals surface area contributed by atoms with Crippen LogP contribution in [0.5, 0.6) is 5.75 Å². The van der Waals surface area contributed by atoms with Crippen LogP contribution in [0.3, 0.4) is 0 Å². The second-order valence-electron chi connectivity index (χ2n) is 6.52. The third-order valence-electron chi connectivity index (χ3n) is 4.85. The van der Waals surface area contributed by atoms with Gasteiger partial charge in [-0.25, -0.2) is 4.98 Å². The molecule has 4 rings (SSSR count). The Kier molecular flexibility index (Phi) is 5.50. The number of nitrogens with zero attached hydrogens (tertiary/aromatic N) is 3. The van der Waals surface area contributed by atoms with Crippen LogP contribution < -0.4 is 10.1 Å². The summed E-state index contributed by atoms with van der Waals surface area (Å²) in [6.45, 7) is 0. The van der Waals surface area contributed by atoms with Crippen molar-refractivity contribution in [2.75, 3.05) is 14.2 Å². The Morgan fingerprint density at radius 1 is 1.39 bits per heavy atom. The van der Waals surface area contributed by atoms with Crippen molar-refractivity contribution < 1.29 is 14.4 Å². The first-order chi connectivity index (χ1) is 15.0. The molecule has 1 N–H and O–H groups in total. The highest BCUT2D eigenvalue weighted by molar-refractivity contribution is 7.11. The highest BCUT2D eigenvalue weighted by Crippen LogP contribution is 2.45. The number of benzene rings is 1. The maximum absolute atomic E-state index is 12.1. The van der Waals surface area contributed by atoms with Gasteiger partial charge in [0.25, 0.3) is 5.88 Å². The summed E-state index contributed by atoms with van der Waals surface area (Å²) in [5, 5.41) is 27.4. The van der Waals surface area contributed by atoms with Gasteiger partial charge in [0.15, 0.2) is 5.76 Å². The lowest BCUT2D eigenvalue weighted by Crippen LogP contribution is -2.26. The number of allylic oxidation sites excluding steroid dienone is 1. The summed E-state index contributed by atoms with van der Waals surface area (Å²) >= 11 is 7.85. The van der Waals surface area contributed by atoms with Gasteiger partial charge in [0.2, 0.25) is 0 Å². The van der Waals surface area contributed by atoms with E-state index < -0.39 is 10.8 Å². The van der Waals surface area contributed by atoms with Crippen molar-refractivity contribution in [3.8, 4) is 11.8 Å². The van der Waals surface area contributed by atoms with Crippen LogP contribution in [0.15, 0.2) is 58.9 Å². The van der Waals surface area contributed by atoms with Crippen LogP contribution >= 0.6 is 22.9 Å². The molecule has 0 saturated heterocycles. The number of ether oxygens (including phenoxy) is 2. The van der Waals surface area contributed by atoms with Crippen LogP contribution in [-0.4, -0.2) is 24.1 Å². The molecule has 10 heteroatoms.